The fourth-order valence-electron chi connectivity index (χ4n) is 3.87. The molecule has 5 heteroatoms. The summed E-state index contributed by atoms with van der Waals surface area (Å²) in [6.45, 7) is 5.00. The third kappa shape index (κ3) is 3.69. The predicted molar refractivity (Wildman–Crippen MR) is 89.9 cm³/mol. The highest BCUT2D eigenvalue weighted by Gasteiger charge is 2.35. The molecule has 122 valence electrons. The fraction of sp³-hybridized carbons (Fsp3) is 0.765. The molecule has 0 N–H and O–H groups in total. The van der Waals surface area contributed by atoms with E-state index in [1.54, 1.807) is 11.3 Å². The summed E-state index contributed by atoms with van der Waals surface area (Å²) in [7, 11) is 2.15. The van der Waals surface area contributed by atoms with Crippen LogP contribution in [0.3, 0.4) is 0 Å². The van der Waals surface area contributed by atoms with Crippen LogP contribution in [0.1, 0.15) is 49.7 Å². The molecule has 1 aliphatic carbocycles. The zero-order valence-electron chi connectivity index (χ0n) is 13.8. The zero-order valence-corrected chi connectivity index (χ0v) is 14.6. The Morgan fingerprint density at radius 2 is 2.18 bits per heavy atom. The highest BCUT2D eigenvalue weighted by Crippen LogP contribution is 2.29. The summed E-state index contributed by atoms with van der Waals surface area (Å²) in [6, 6.07) is 0.536. The van der Waals surface area contributed by atoms with Crippen molar-refractivity contribution < 1.29 is 4.79 Å². The van der Waals surface area contributed by atoms with Gasteiger partial charge in [0.1, 0.15) is 0 Å². The second-order valence-electron chi connectivity index (χ2n) is 6.84. The maximum absolute atomic E-state index is 12.3. The molecule has 1 saturated carbocycles. The summed E-state index contributed by atoms with van der Waals surface area (Å²) < 4.78 is 0. The lowest BCUT2D eigenvalue weighted by Gasteiger charge is -2.25. The number of aromatic nitrogens is 1. The van der Waals surface area contributed by atoms with Crippen molar-refractivity contribution in [3.05, 3.63) is 16.1 Å². The first kappa shape index (κ1) is 15.9. The summed E-state index contributed by atoms with van der Waals surface area (Å²) in [6.07, 6.45) is 6.77. The molecule has 0 unspecified atom stereocenters. The number of hydrogen-bond acceptors (Lipinski definition) is 4. The molecule has 0 radical (unpaired) electrons. The van der Waals surface area contributed by atoms with Crippen molar-refractivity contribution in [2.75, 3.05) is 20.1 Å². The van der Waals surface area contributed by atoms with Gasteiger partial charge in [-0.3, -0.25) is 4.79 Å². The minimum atomic E-state index is 0.382. The van der Waals surface area contributed by atoms with Crippen molar-refractivity contribution in [1.82, 2.24) is 14.8 Å². The van der Waals surface area contributed by atoms with Crippen LogP contribution in [0.25, 0.3) is 0 Å². The lowest BCUT2D eigenvalue weighted by Crippen LogP contribution is -2.35. The molecule has 22 heavy (non-hydrogen) atoms. The lowest BCUT2D eigenvalue weighted by atomic mass is 10.1. The number of thiazole rings is 1. The van der Waals surface area contributed by atoms with Crippen molar-refractivity contribution in [1.29, 1.82) is 0 Å². The highest BCUT2D eigenvalue weighted by atomic mass is 32.1. The van der Waals surface area contributed by atoms with Gasteiger partial charge >= 0.3 is 0 Å². The van der Waals surface area contributed by atoms with E-state index in [2.05, 4.69) is 34.1 Å². The maximum atomic E-state index is 12.3. The Morgan fingerprint density at radius 3 is 2.86 bits per heavy atom. The van der Waals surface area contributed by atoms with E-state index in [9.17, 15) is 4.79 Å². The van der Waals surface area contributed by atoms with Gasteiger partial charge in [-0.05, 0) is 32.2 Å². The van der Waals surface area contributed by atoms with E-state index in [0.29, 0.717) is 17.9 Å². The molecule has 0 spiro atoms. The topological polar surface area (TPSA) is 36.4 Å². The molecular weight excluding hydrogens is 294 g/mol. The quantitative estimate of drug-likeness (QED) is 0.808. The molecule has 3 rings (SSSR count). The van der Waals surface area contributed by atoms with E-state index < -0.39 is 0 Å². The first-order chi connectivity index (χ1) is 10.7. The molecule has 1 atom stereocenters. The van der Waals surface area contributed by atoms with Gasteiger partial charge in [0.15, 0.2) is 0 Å². The average Bonchev–Trinajstić information content (AvgIpc) is 3.19. The summed E-state index contributed by atoms with van der Waals surface area (Å²) in [5, 5.41) is 3.38. The first-order valence-corrected chi connectivity index (χ1v) is 9.45. The minimum Gasteiger partial charge on any atom is -0.339 e. The van der Waals surface area contributed by atoms with Crippen LogP contribution >= 0.6 is 11.3 Å². The Kier molecular flexibility index (Phi) is 5.14. The summed E-state index contributed by atoms with van der Waals surface area (Å²) in [5.74, 6) is 0.870. The molecule has 0 bridgehead atoms. The Labute approximate surface area is 137 Å². The average molecular weight is 321 g/mol. The van der Waals surface area contributed by atoms with E-state index in [-0.39, 0.29) is 0 Å². The number of carbonyl (C=O) groups is 1. The molecule has 2 heterocycles. The molecule has 1 aliphatic heterocycles. The van der Waals surface area contributed by atoms with Gasteiger partial charge in [0.25, 0.3) is 0 Å². The summed E-state index contributed by atoms with van der Waals surface area (Å²) in [5.41, 5.74) is 1.17. The first-order valence-electron chi connectivity index (χ1n) is 8.57. The van der Waals surface area contributed by atoms with Gasteiger partial charge in [-0.2, -0.15) is 0 Å². The van der Waals surface area contributed by atoms with E-state index >= 15 is 0 Å². The van der Waals surface area contributed by atoms with Crippen LogP contribution in [0.2, 0.25) is 0 Å². The van der Waals surface area contributed by atoms with Gasteiger partial charge in [0.2, 0.25) is 5.91 Å². The number of aryl methyl sites for hydroxylation is 1. The third-order valence-corrected chi connectivity index (χ3v) is 5.95. The van der Waals surface area contributed by atoms with Crippen molar-refractivity contribution in [3.8, 4) is 0 Å². The second-order valence-corrected chi connectivity index (χ2v) is 7.78. The van der Waals surface area contributed by atoms with E-state index in [4.69, 9.17) is 0 Å². The van der Waals surface area contributed by atoms with Crippen LogP contribution in [0, 0.1) is 5.92 Å². The number of likely N-dealkylation sites (tertiary alicyclic amines) is 1. The number of hydrogen-bond donors (Lipinski definition) is 0. The van der Waals surface area contributed by atoms with Crippen molar-refractivity contribution >= 4 is 17.2 Å². The molecule has 1 amide bonds. The third-order valence-electron chi connectivity index (χ3n) is 4.91. The lowest BCUT2D eigenvalue weighted by molar-refractivity contribution is -0.129. The Balaban J connectivity index is 1.49. The van der Waals surface area contributed by atoms with Crippen LogP contribution < -0.4 is 0 Å². The van der Waals surface area contributed by atoms with Crippen molar-refractivity contribution in [2.45, 2.75) is 58.0 Å². The minimum absolute atomic E-state index is 0.382. The van der Waals surface area contributed by atoms with E-state index in [0.717, 1.165) is 32.5 Å². The number of rotatable bonds is 6. The molecule has 2 aliphatic rings. The monoisotopic (exact) mass is 321 g/mol. The van der Waals surface area contributed by atoms with Gasteiger partial charge in [-0.25, -0.2) is 4.98 Å². The summed E-state index contributed by atoms with van der Waals surface area (Å²) >= 11 is 1.75. The Bertz CT molecular complexity index is 510. The zero-order chi connectivity index (χ0) is 15.5. The molecule has 2 fully saturated rings. The second kappa shape index (κ2) is 7.09. The molecule has 1 saturated heterocycles. The van der Waals surface area contributed by atoms with Crippen LogP contribution in [0.4, 0.5) is 0 Å². The SMILES string of the molecule is CCc1nc(CN(C)C[C@H]2CC(=O)N(C3CCCC3)C2)cs1. The number of carbonyl (C=O) groups excluding carboxylic acids is 1. The molecule has 4 nitrogen and oxygen atoms in total. The summed E-state index contributed by atoms with van der Waals surface area (Å²) in [4.78, 5) is 21.4. The Hall–Kier alpha value is -0.940. The fourth-order valence-corrected chi connectivity index (χ4v) is 4.60. The standard InChI is InChI=1S/C17H27N3OS/c1-3-16-18-14(12-22-16)11-19(2)9-13-8-17(21)20(10-13)15-6-4-5-7-15/h12-13,15H,3-11H2,1-2H3/t13-/m1/s1. The molecule has 0 aromatic carbocycles. The smallest absolute Gasteiger partial charge is 0.223 e. The van der Waals surface area contributed by atoms with Crippen LogP contribution in [0.15, 0.2) is 5.38 Å². The van der Waals surface area contributed by atoms with Gasteiger partial charge in [0, 0.05) is 37.5 Å². The van der Waals surface area contributed by atoms with Crippen LogP contribution in [0.5, 0.6) is 0 Å². The highest BCUT2D eigenvalue weighted by molar-refractivity contribution is 7.09. The van der Waals surface area contributed by atoms with Crippen molar-refractivity contribution in [3.63, 3.8) is 0 Å². The largest absolute Gasteiger partial charge is 0.339 e. The van der Waals surface area contributed by atoms with E-state index in [1.807, 2.05) is 0 Å². The Morgan fingerprint density at radius 1 is 1.41 bits per heavy atom. The molecule has 1 aromatic heterocycles. The van der Waals surface area contributed by atoms with Crippen LogP contribution in [-0.4, -0.2) is 46.9 Å². The molecular formula is C17H27N3OS. The van der Waals surface area contributed by atoms with Crippen LogP contribution in [-0.2, 0) is 17.8 Å². The van der Waals surface area contributed by atoms with Gasteiger partial charge < -0.3 is 9.80 Å². The molecule has 1 aromatic rings. The number of amides is 1. The normalized spacial score (nSPS) is 23.1. The number of nitrogens with zero attached hydrogens (tertiary/aromatic N) is 3. The predicted octanol–water partition coefficient (Wildman–Crippen LogP) is 2.93. The van der Waals surface area contributed by atoms with Gasteiger partial charge in [-0.15, -0.1) is 11.3 Å². The maximum Gasteiger partial charge on any atom is 0.223 e. The van der Waals surface area contributed by atoms with Gasteiger partial charge in [-0.1, -0.05) is 19.8 Å². The van der Waals surface area contributed by atoms with Gasteiger partial charge in [0.05, 0.1) is 10.7 Å². The van der Waals surface area contributed by atoms with Crippen molar-refractivity contribution in [2.24, 2.45) is 5.92 Å². The van der Waals surface area contributed by atoms with E-state index in [1.165, 1.54) is 36.4 Å².